The van der Waals surface area contributed by atoms with Gasteiger partial charge in [-0.2, -0.15) is 0 Å². The predicted octanol–water partition coefficient (Wildman–Crippen LogP) is 6.00. The molecule has 1 saturated heterocycles. The van der Waals surface area contributed by atoms with E-state index < -0.39 is 11.4 Å². The van der Waals surface area contributed by atoms with Gasteiger partial charge in [0.1, 0.15) is 23.0 Å². The Hall–Kier alpha value is -2.55. The minimum absolute atomic E-state index is 0.0299. The molecule has 0 radical (unpaired) electrons. The molecule has 2 heterocycles. The van der Waals surface area contributed by atoms with Gasteiger partial charge in [0.2, 0.25) is 0 Å². The van der Waals surface area contributed by atoms with E-state index in [1.165, 1.54) is 12.1 Å². The van der Waals surface area contributed by atoms with E-state index in [1.807, 2.05) is 26.8 Å². The number of nitrogens with zero attached hydrogens (tertiary/aromatic N) is 3. The second-order valence-electron chi connectivity index (χ2n) is 9.53. The number of carbonyl (C=O) groups excluding carboxylic acids is 1. The van der Waals surface area contributed by atoms with Gasteiger partial charge in [-0.1, -0.05) is 23.2 Å². The van der Waals surface area contributed by atoms with E-state index in [4.69, 9.17) is 32.7 Å². The molecular weight excluding hydrogens is 494 g/mol. The fourth-order valence-electron chi connectivity index (χ4n) is 3.86. The van der Waals surface area contributed by atoms with E-state index in [1.54, 1.807) is 17.0 Å². The van der Waals surface area contributed by atoms with Crippen LogP contribution in [-0.4, -0.2) is 70.8 Å². The monoisotopic (exact) mass is 522 g/mol. The number of nitrogens with one attached hydrogen (secondary N) is 1. The van der Waals surface area contributed by atoms with Crippen LogP contribution in [0.5, 0.6) is 5.75 Å². The molecule has 1 aliphatic rings. The van der Waals surface area contributed by atoms with Gasteiger partial charge < -0.3 is 19.4 Å². The van der Waals surface area contributed by atoms with Crippen LogP contribution >= 0.6 is 23.2 Å². The van der Waals surface area contributed by atoms with Crippen molar-refractivity contribution >= 4 is 40.3 Å². The molecule has 188 valence electrons. The lowest BCUT2D eigenvalue weighted by molar-refractivity contribution is 0.0142. The van der Waals surface area contributed by atoms with Gasteiger partial charge in [0.15, 0.2) is 0 Å². The van der Waals surface area contributed by atoms with Crippen molar-refractivity contribution in [1.29, 1.82) is 0 Å². The van der Waals surface area contributed by atoms with Gasteiger partial charge >= 0.3 is 6.09 Å². The summed E-state index contributed by atoms with van der Waals surface area (Å²) in [6, 6.07) is 8.24. The van der Waals surface area contributed by atoms with Gasteiger partial charge in [-0.15, -0.1) is 0 Å². The number of halogens is 3. The molecule has 10 heteroatoms. The van der Waals surface area contributed by atoms with Crippen LogP contribution in [-0.2, 0) is 4.74 Å². The smallest absolute Gasteiger partial charge is 0.410 e. The Morgan fingerprint density at radius 3 is 2.54 bits per heavy atom. The van der Waals surface area contributed by atoms with Crippen LogP contribution < -0.4 is 4.74 Å². The molecule has 1 aromatic heterocycles. The quantitative estimate of drug-likeness (QED) is 0.402. The lowest BCUT2D eigenvalue weighted by Crippen LogP contribution is -2.50. The first-order valence-corrected chi connectivity index (χ1v) is 12.3. The topological polar surface area (TPSA) is 70.7 Å². The van der Waals surface area contributed by atoms with Gasteiger partial charge in [-0.05, 0) is 51.5 Å². The molecule has 3 aromatic rings. The second kappa shape index (κ2) is 10.6. The maximum atomic E-state index is 13.7. The second-order valence-corrected chi connectivity index (χ2v) is 10.3. The number of rotatable bonds is 6. The van der Waals surface area contributed by atoms with E-state index in [2.05, 4.69) is 14.9 Å². The summed E-state index contributed by atoms with van der Waals surface area (Å²) in [6.45, 7) is 9.94. The summed E-state index contributed by atoms with van der Waals surface area (Å²) in [4.78, 5) is 23.8. The van der Waals surface area contributed by atoms with Gasteiger partial charge in [0, 0.05) is 44.4 Å². The molecule has 0 atom stereocenters. The number of benzene rings is 2. The van der Waals surface area contributed by atoms with Crippen LogP contribution in [0, 0.1) is 5.82 Å². The fraction of sp³-hybridized carbons (Fsp3) is 0.440. The van der Waals surface area contributed by atoms with Gasteiger partial charge in [0.05, 0.1) is 27.7 Å². The number of ether oxygens (including phenoxy) is 2. The standard InChI is InChI=1S/C25H29Cl2FN4O3/c1-25(2,3)35-24(33)32-10-8-31(9-11-32)7-4-12-34-22-6-5-16(13-18(22)27)23-29-20-14-17(26)19(28)15-21(20)30-23/h5-6,13-15H,4,7-12H2,1-3H3,(H,29,30). The Kier molecular flexibility index (Phi) is 7.73. The zero-order chi connectivity index (χ0) is 25.2. The van der Waals surface area contributed by atoms with Gasteiger partial charge in [-0.3, -0.25) is 4.90 Å². The number of amides is 1. The average molecular weight is 523 g/mol. The highest BCUT2D eigenvalue weighted by atomic mass is 35.5. The maximum Gasteiger partial charge on any atom is 0.410 e. The molecule has 0 unspecified atom stereocenters. The van der Waals surface area contributed by atoms with Crippen LogP contribution in [0.3, 0.4) is 0 Å². The molecule has 4 rings (SSSR count). The highest BCUT2D eigenvalue weighted by Gasteiger charge is 2.25. The van der Waals surface area contributed by atoms with Crippen molar-refractivity contribution < 1.29 is 18.7 Å². The third-order valence-electron chi connectivity index (χ3n) is 5.63. The number of fused-ring (bicyclic) bond motifs is 1. The Morgan fingerprint density at radius 2 is 1.86 bits per heavy atom. The molecule has 0 saturated carbocycles. The van der Waals surface area contributed by atoms with Crippen molar-refractivity contribution in [3.63, 3.8) is 0 Å². The molecule has 0 bridgehead atoms. The molecular formula is C25H29Cl2FN4O3. The van der Waals surface area contributed by atoms with Crippen molar-refractivity contribution in [3.8, 4) is 17.1 Å². The van der Waals surface area contributed by atoms with Crippen LogP contribution in [0.2, 0.25) is 10.0 Å². The normalized spacial score (nSPS) is 15.0. The number of H-pyrrole nitrogens is 1. The molecule has 1 N–H and O–H groups in total. The minimum atomic E-state index is -0.499. The van der Waals surface area contributed by atoms with Crippen LogP contribution in [0.1, 0.15) is 27.2 Å². The number of piperazine rings is 1. The molecule has 1 fully saturated rings. The summed E-state index contributed by atoms with van der Waals surface area (Å²) >= 11 is 12.3. The molecule has 35 heavy (non-hydrogen) atoms. The zero-order valence-corrected chi connectivity index (χ0v) is 21.5. The molecule has 0 aliphatic carbocycles. The largest absolute Gasteiger partial charge is 0.492 e. The van der Waals surface area contributed by atoms with E-state index >= 15 is 0 Å². The third-order valence-corrected chi connectivity index (χ3v) is 6.21. The Bertz CT molecular complexity index is 1160. The highest BCUT2D eigenvalue weighted by Crippen LogP contribution is 2.31. The zero-order valence-electron chi connectivity index (χ0n) is 20.0. The van der Waals surface area contributed by atoms with Gasteiger partial charge in [-0.25, -0.2) is 14.2 Å². The first-order valence-electron chi connectivity index (χ1n) is 11.6. The van der Waals surface area contributed by atoms with Gasteiger partial charge in [0.25, 0.3) is 0 Å². The number of hydrogen-bond donors (Lipinski definition) is 1. The third kappa shape index (κ3) is 6.57. The molecule has 1 amide bonds. The van der Waals surface area contributed by atoms with Crippen LogP contribution in [0.25, 0.3) is 22.4 Å². The summed E-state index contributed by atoms with van der Waals surface area (Å²) < 4.78 is 25.0. The lowest BCUT2D eigenvalue weighted by Gasteiger charge is -2.35. The maximum absolute atomic E-state index is 13.7. The van der Waals surface area contributed by atoms with Crippen LogP contribution in [0.15, 0.2) is 30.3 Å². The van der Waals surface area contributed by atoms with E-state index in [-0.39, 0.29) is 11.1 Å². The number of imidazole rings is 1. The number of aromatic amines is 1. The first kappa shape index (κ1) is 25.5. The molecule has 1 aliphatic heterocycles. The molecule has 0 spiro atoms. The van der Waals surface area contributed by atoms with E-state index in [9.17, 15) is 9.18 Å². The average Bonchev–Trinajstić information content (AvgIpc) is 3.19. The van der Waals surface area contributed by atoms with Crippen molar-refractivity contribution in [1.82, 2.24) is 19.8 Å². The van der Waals surface area contributed by atoms with Crippen molar-refractivity contribution in [2.75, 3.05) is 39.3 Å². The summed E-state index contributed by atoms with van der Waals surface area (Å²) in [5, 5.41) is 0.500. The number of carbonyl (C=O) groups is 1. The Morgan fingerprint density at radius 1 is 1.11 bits per heavy atom. The van der Waals surface area contributed by atoms with E-state index in [0.29, 0.717) is 47.3 Å². The SMILES string of the molecule is CC(C)(C)OC(=O)N1CCN(CCCOc2ccc(-c3nc4cc(Cl)c(F)cc4[nH]3)cc2Cl)CC1. The van der Waals surface area contributed by atoms with Crippen LogP contribution in [0.4, 0.5) is 9.18 Å². The Balaban J connectivity index is 1.24. The predicted molar refractivity (Wildman–Crippen MR) is 136 cm³/mol. The highest BCUT2D eigenvalue weighted by molar-refractivity contribution is 6.32. The number of aromatic nitrogens is 2. The van der Waals surface area contributed by atoms with Crippen molar-refractivity contribution in [2.24, 2.45) is 0 Å². The molecule has 7 nitrogen and oxygen atoms in total. The summed E-state index contributed by atoms with van der Waals surface area (Å²) in [5.74, 6) is 0.664. The first-order chi connectivity index (χ1) is 16.6. The number of hydrogen-bond acceptors (Lipinski definition) is 5. The Labute approximate surface area is 214 Å². The fourth-order valence-corrected chi connectivity index (χ4v) is 4.25. The lowest BCUT2D eigenvalue weighted by atomic mass is 10.2. The minimum Gasteiger partial charge on any atom is -0.492 e. The summed E-state index contributed by atoms with van der Waals surface area (Å²) in [5.41, 5.74) is 1.42. The molecule has 2 aromatic carbocycles. The summed E-state index contributed by atoms with van der Waals surface area (Å²) in [7, 11) is 0. The van der Waals surface area contributed by atoms with E-state index in [0.717, 1.165) is 31.6 Å². The summed E-state index contributed by atoms with van der Waals surface area (Å²) in [6.07, 6.45) is 0.581. The van der Waals surface area contributed by atoms with Crippen molar-refractivity contribution in [3.05, 3.63) is 46.2 Å². The van der Waals surface area contributed by atoms with Crippen molar-refractivity contribution in [2.45, 2.75) is 32.8 Å².